The summed E-state index contributed by atoms with van der Waals surface area (Å²) in [5.41, 5.74) is 1.63. The average Bonchev–Trinajstić information content (AvgIpc) is 3.05. The number of pyridine rings is 1. The predicted octanol–water partition coefficient (Wildman–Crippen LogP) is 2.32. The molecule has 3 heterocycles. The number of nitrogens with zero attached hydrogens (tertiary/aromatic N) is 4. The Bertz CT molecular complexity index is 1170. The number of benzene rings is 1. The molecule has 4 rings (SSSR count). The van der Waals surface area contributed by atoms with Crippen LogP contribution in [0.2, 0.25) is 0 Å². The van der Waals surface area contributed by atoms with E-state index in [0.717, 1.165) is 36.8 Å². The van der Waals surface area contributed by atoms with E-state index in [4.69, 9.17) is 0 Å². The minimum absolute atomic E-state index is 0.0881. The van der Waals surface area contributed by atoms with Crippen LogP contribution < -0.4 is 11.2 Å². The first-order valence-electron chi connectivity index (χ1n) is 10.5. The van der Waals surface area contributed by atoms with Gasteiger partial charge in [0.25, 0.3) is 5.56 Å². The summed E-state index contributed by atoms with van der Waals surface area (Å²) in [6.45, 7) is 3.47. The molecule has 0 saturated carbocycles. The van der Waals surface area contributed by atoms with E-state index in [0.29, 0.717) is 18.6 Å². The minimum atomic E-state index is -0.482. The van der Waals surface area contributed by atoms with E-state index in [1.54, 1.807) is 12.1 Å². The first kappa shape index (κ1) is 20.1. The maximum Gasteiger partial charge on any atom is 0.332 e. The Hall–Kier alpha value is -3.22. The van der Waals surface area contributed by atoms with Crippen LogP contribution in [0.25, 0.3) is 11.0 Å². The number of likely N-dealkylation sites (tertiary alicyclic amines) is 1. The largest absolute Gasteiger partial charge is 0.341 e. The highest BCUT2D eigenvalue weighted by atomic mass is 16.2. The summed E-state index contributed by atoms with van der Waals surface area (Å²) in [7, 11) is 0. The lowest BCUT2D eigenvalue weighted by atomic mass is 10.1. The first-order chi connectivity index (χ1) is 14.5. The summed E-state index contributed by atoms with van der Waals surface area (Å²) in [6.07, 6.45) is 5.74. The molecule has 2 aromatic heterocycles. The number of carbonyl (C=O) groups is 1. The highest BCUT2D eigenvalue weighted by Crippen LogP contribution is 2.12. The number of amides is 1. The van der Waals surface area contributed by atoms with E-state index in [1.807, 2.05) is 36.1 Å². The van der Waals surface area contributed by atoms with Gasteiger partial charge < -0.3 is 4.90 Å². The van der Waals surface area contributed by atoms with Gasteiger partial charge in [-0.1, -0.05) is 42.7 Å². The SMILES string of the molecule is Cc1ccc(Cn2c(=O)c3ncccc3n(CC(=O)N3CCCCCC3)c2=O)cc1. The van der Waals surface area contributed by atoms with Gasteiger partial charge in [-0.05, 0) is 37.5 Å². The molecule has 7 nitrogen and oxygen atoms in total. The number of hydrogen-bond acceptors (Lipinski definition) is 4. The van der Waals surface area contributed by atoms with Crippen molar-refractivity contribution in [1.82, 2.24) is 19.0 Å². The van der Waals surface area contributed by atoms with Gasteiger partial charge >= 0.3 is 5.69 Å². The molecule has 0 radical (unpaired) electrons. The Kier molecular flexibility index (Phi) is 5.79. The lowest BCUT2D eigenvalue weighted by Crippen LogP contribution is -2.44. The van der Waals surface area contributed by atoms with Gasteiger partial charge in [-0.15, -0.1) is 0 Å². The van der Waals surface area contributed by atoms with Gasteiger partial charge in [0.2, 0.25) is 5.91 Å². The summed E-state index contributed by atoms with van der Waals surface area (Å²) >= 11 is 0. The third-order valence-corrected chi connectivity index (χ3v) is 5.70. The van der Waals surface area contributed by atoms with Gasteiger partial charge in [0.15, 0.2) is 5.52 Å². The number of fused-ring (bicyclic) bond motifs is 1. The zero-order chi connectivity index (χ0) is 21.1. The molecule has 3 aromatic rings. The number of aromatic nitrogens is 3. The molecule has 1 aliphatic rings. The van der Waals surface area contributed by atoms with Gasteiger partial charge in [0.1, 0.15) is 6.54 Å². The number of carbonyl (C=O) groups excluding carboxylic acids is 1. The third-order valence-electron chi connectivity index (χ3n) is 5.70. The number of aryl methyl sites for hydroxylation is 1. The van der Waals surface area contributed by atoms with Gasteiger partial charge in [-0.2, -0.15) is 0 Å². The van der Waals surface area contributed by atoms with E-state index < -0.39 is 11.2 Å². The number of hydrogen-bond donors (Lipinski definition) is 0. The van der Waals surface area contributed by atoms with Crippen LogP contribution in [0.4, 0.5) is 0 Å². The molecule has 7 heteroatoms. The normalized spacial score (nSPS) is 14.6. The molecule has 156 valence electrons. The smallest absolute Gasteiger partial charge is 0.332 e. The lowest BCUT2D eigenvalue weighted by Gasteiger charge is -2.21. The molecule has 0 bridgehead atoms. The molecule has 1 amide bonds. The summed E-state index contributed by atoms with van der Waals surface area (Å²) < 4.78 is 2.57. The van der Waals surface area contributed by atoms with Crippen LogP contribution in [0.15, 0.2) is 52.2 Å². The van der Waals surface area contributed by atoms with Crippen LogP contribution in [0.5, 0.6) is 0 Å². The van der Waals surface area contributed by atoms with Crippen molar-refractivity contribution < 1.29 is 4.79 Å². The quantitative estimate of drug-likeness (QED) is 0.666. The second-order valence-electron chi connectivity index (χ2n) is 7.91. The van der Waals surface area contributed by atoms with Crippen LogP contribution in [0.1, 0.15) is 36.8 Å². The van der Waals surface area contributed by atoms with E-state index in [1.165, 1.54) is 15.3 Å². The van der Waals surface area contributed by atoms with Gasteiger partial charge in [0.05, 0.1) is 12.1 Å². The summed E-state index contributed by atoms with van der Waals surface area (Å²) in [5.74, 6) is -0.0929. The van der Waals surface area contributed by atoms with E-state index >= 15 is 0 Å². The Morgan fingerprint density at radius 1 is 0.967 bits per heavy atom. The fraction of sp³-hybridized carbons (Fsp3) is 0.391. The van der Waals surface area contributed by atoms with Crippen molar-refractivity contribution in [1.29, 1.82) is 0 Å². The third kappa shape index (κ3) is 4.06. The van der Waals surface area contributed by atoms with E-state index in [2.05, 4.69) is 4.98 Å². The zero-order valence-corrected chi connectivity index (χ0v) is 17.2. The number of rotatable bonds is 4. The van der Waals surface area contributed by atoms with Crippen LogP contribution in [-0.4, -0.2) is 38.0 Å². The van der Waals surface area contributed by atoms with Crippen molar-refractivity contribution in [2.45, 2.75) is 45.7 Å². The predicted molar refractivity (Wildman–Crippen MR) is 116 cm³/mol. The molecule has 1 fully saturated rings. The standard InChI is InChI=1S/C23H26N4O3/c1-17-8-10-18(11-9-17)15-27-22(29)21-19(7-6-12-24-21)26(23(27)30)16-20(28)25-13-4-2-3-5-14-25/h6-12H,2-5,13-16H2,1H3. The molecule has 0 atom stereocenters. The molecule has 30 heavy (non-hydrogen) atoms. The molecule has 0 N–H and O–H groups in total. The summed E-state index contributed by atoms with van der Waals surface area (Å²) in [6, 6.07) is 11.0. The zero-order valence-electron chi connectivity index (χ0n) is 17.2. The van der Waals surface area contributed by atoms with Crippen LogP contribution in [0, 0.1) is 6.92 Å². The van der Waals surface area contributed by atoms with Crippen molar-refractivity contribution in [3.63, 3.8) is 0 Å². The molecule has 1 saturated heterocycles. The van der Waals surface area contributed by atoms with Crippen LogP contribution in [-0.2, 0) is 17.9 Å². The highest BCUT2D eigenvalue weighted by Gasteiger charge is 2.20. The lowest BCUT2D eigenvalue weighted by molar-refractivity contribution is -0.131. The molecule has 0 aliphatic carbocycles. The van der Waals surface area contributed by atoms with Gasteiger partial charge in [0, 0.05) is 19.3 Å². The van der Waals surface area contributed by atoms with Crippen molar-refractivity contribution in [2.75, 3.05) is 13.1 Å². The maximum atomic E-state index is 13.3. The van der Waals surface area contributed by atoms with E-state index in [9.17, 15) is 14.4 Å². The van der Waals surface area contributed by atoms with Gasteiger partial charge in [-0.3, -0.25) is 18.7 Å². The second-order valence-corrected chi connectivity index (χ2v) is 7.91. The van der Waals surface area contributed by atoms with Crippen molar-refractivity contribution in [2.24, 2.45) is 0 Å². The molecule has 1 aromatic carbocycles. The molecule has 1 aliphatic heterocycles. The molecular formula is C23H26N4O3. The molecule has 0 spiro atoms. The molecular weight excluding hydrogens is 380 g/mol. The summed E-state index contributed by atoms with van der Waals surface area (Å²) in [4.78, 5) is 45.3. The molecule has 0 unspecified atom stereocenters. The minimum Gasteiger partial charge on any atom is -0.341 e. The second kappa shape index (κ2) is 8.65. The van der Waals surface area contributed by atoms with Crippen molar-refractivity contribution in [3.05, 3.63) is 74.6 Å². The maximum absolute atomic E-state index is 13.3. The highest BCUT2D eigenvalue weighted by molar-refractivity contribution is 5.79. The van der Waals surface area contributed by atoms with Crippen LogP contribution in [0.3, 0.4) is 0 Å². The fourth-order valence-corrected chi connectivity index (χ4v) is 3.97. The Labute approximate surface area is 174 Å². The van der Waals surface area contributed by atoms with Gasteiger partial charge in [-0.25, -0.2) is 9.78 Å². The average molecular weight is 406 g/mol. The van der Waals surface area contributed by atoms with E-state index in [-0.39, 0.29) is 24.5 Å². The topological polar surface area (TPSA) is 77.2 Å². The monoisotopic (exact) mass is 406 g/mol. The van der Waals surface area contributed by atoms with Crippen LogP contribution >= 0.6 is 0 Å². The Balaban J connectivity index is 1.76. The Morgan fingerprint density at radius 3 is 2.37 bits per heavy atom. The first-order valence-corrected chi connectivity index (χ1v) is 10.5. The summed E-state index contributed by atoms with van der Waals surface area (Å²) in [5, 5.41) is 0. The van der Waals surface area contributed by atoms with Crippen molar-refractivity contribution >= 4 is 16.9 Å². The Morgan fingerprint density at radius 2 is 1.67 bits per heavy atom. The fourth-order valence-electron chi connectivity index (χ4n) is 3.97. The van der Waals surface area contributed by atoms with Crippen molar-refractivity contribution in [3.8, 4) is 0 Å².